The monoisotopic (exact) mass is 422 g/mol. The molecule has 3 aromatic carbocycles. The maximum atomic E-state index is 12.5. The number of ether oxygens (including phenoxy) is 2. The average Bonchev–Trinajstić information content (AvgIpc) is 3.19. The van der Waals surface area contributed by atoms with Gasteiger partial charge in [-0.25, -0.2) is 5.43 Å². The van der Waals surface area contributed by atoms with Crippen molar-refractivity contribution in [3.63, 3.8) is 0 Å². The number of carbonyl (C=O) groups excluding carboxylic acids is 1. The van der Waals surface area contributed by atoms with Crippen molar-refractivity contribution in [3.8, 4) is 11.5 Å². The van der Waals surface area contributed by atoms with Gasteiger partial charge in [0.05, 0.1) is 25.0 Å². The minimum absolute atomic E-state index is 0.182. The van der Waals surface area contributed by atoms with Crippen LogP contribution in [0.15, 0.2) is 64.1 Å². The zero-order chi connectivity index (χ0) is 21.1. The third-order valence-corrected chi connectivity index (χ3v) is 4.85. The van der Waals surface area contributed by atoms with Gasteiger partial charge in [-0.2, -0.15) is 5.10 Å². The Labute approximate surface area is 178 Å². The highest BCUT2D eigenvalue weighted by molar-refractivity contribution is 6.32. The number of furan rings is 1. The van der Waals surface area contributed by atoms with E-state index in [4.69, 9.17) is 25.5 Å². The third kappa shape index (κ3) is 3.82. The lowest BCUT2D eigenvalue weighted by atomic mass is 10.1. The summed E-state index contributed by atoms with van der Waals surface area (Å²) in [6.07, 6.45) is 1.48. The zero-order valence-electron chi connectivity index (χ0n) is 16.4. The summed E-state index contributed by atoms with van der Waals surface area (Å²) < 4.78 is 16.5. The molecule has 0 unspecified atom stereocenters. The number of hydrazone groups is 1. The number of rotatable bonds is 6. The Balaban J connectivity index is 1.55. The highest BCUT2D eigenvalue weighted by atomic mass is 35.5. The van der Waals surface area contributed by atoms with E-state index in [1.807, 2.05) is 43.3 Å². The van der Waals surface area contributed by atoms with Crippen LogP contribution in [0.25, 0.3) is 21.7 Å². The molecule has 0 spiro atoms. The van der Waals surface area contributed by atoms with Gasteiger partial charge in [0, 0.05) is 5.39 Å². The topological polar surface area (TPSA) is 73.1 Å². The molecule has 0 atom stereocenters. The van der Waals surface area contributed by atoms with E-state index in [0.717, 1.165) is 16.2 Å². The first kappa shape index (κ1) is 19.8. The summed E-state index contributed by atoms with van der Waals surface area (Å²) in [5.41, 5.74) is 3.78. The fourth-order valence-corrected chi connectivity index (χ4v) is 3.54. The van der Waals surface area contributed by atoms with Crippen LogP contribution in [-0.2, 0) is 0 Å². The van der Waals surface area contributed by atoms with Crippen LogP contribution < -0.4 is 14.9 Å². The number of fused-ring (bicyclic) bond motifs is 3. The van der Waals surface area contributed by atoms with Crippen LogP contribution in [0, 0.1) is 0 Å². The average molecular weight is 423 g/mol. The smallest absolute Gasteiger partial charge is 0.307 e. The van der Waals surface area contributed by atoms with E-state index in [0.29, 0.717) is 34.3 Å². The quantitative estimate of drug-likeness (QED) is 0.333. The van der Waals surface area contributed by atoms with Crippen molar-refractivity contribution in [2.24, 2.45) is 5.10 Å². The summed E-state index contributed by atoms with van der Waals surface area (Å²) >= 11 is 6.23. The molecule has 7 heteroatoms. The molecule has 0 saturated carbocycles. The highest BCUT2D eigenvalue weighted by Crippen LogP contribution is 2.36. The number of hydrogen-bond acceptors (Lipinski definition) is 5. The van der Waals surface area contributed by atoms with Crippen molar-refractivity contribution in [1.82, 2.24) is 5.43 Å². The summed E-state index contributed by atoms with van der Waals surface area (Å²) in [5.74, 6) is 0.691. The van der Waals surface area contributed by atoms with Crippen molar-refractivity contribution in [2.45, 2.75) is 6.92 Å². The summed E-state index contributed by atoms with van der Waals surface area (Å²) in [6, 6.07) is 16.9. The Morgan fingerprint density at radius 1 is 1.17 bits per heavy atom. The van der Waals surface area contributed by atoms with Gasteiger partial charge in [-0.15, -0.1) is 0 Å². The first-order chi connectivity index (χ1) is 14.6. The second-order valence-electron chi connectivity index (χ2n) is 6.48. The maximum Gasteiger partial charge on any atom is 0.307 e. The van der Waals surface area contributed by atoms with Crippen LogP contribution in [-0.4, -0.2) is 25.8 Å². The van der Waals surface area contributed by atoms with Crippen molar-refractivity contribution in [1.29, 1.82) is 0 Å². The van der Waals surface area contributed by atoms with Gasteiger partial charge in [-0.1, -0.05) is 41.9 Å². The predicted molar refractivity (Wildman–Crippen MR) is 118 cm³/mol. The number of benzene rings is 3. The summed E-state index contributed by atoms with van der Waals surface area (Å²) in [5, 5.41) is 7.38. The molecule has 1 aromatic heterocycles. The SMILES string of the molecule is CCOc1cc(C=NNC(=O)c2cc3c(ccc4ccccc43)o2)cc(Cl)c1OC. The number of carbonyl (C=O) groups is 1. The van der Waals surface area contributed by atoms with Crippen LogP contribution in [0.3, 0.4) is 0 Å². The second kappa shape index (κ2) is 8.47. The van der Waals surface area contributed by atoms with E-state index in [-0.39, 0.29) is 5.76 Å². The largest absolute Gasteiger partial charge is 0.491 e. The molecule has 0 bridgehead atoms. The molecule has 4 rings (SSSR count). The highest BCUT2D eigenvalue weighted by Gasteiger charge is 2.14. The van der Waals surface area contributed by atoms with Crippen molar-refractivity contribution in [3.05, 3.63) is 70.9 Å². The van der Waals surface area contributed by atoms with E-state index in [2.05, 4.69) is 10.5 Å². The standard InChI is InChI=1S/C23H19ClN2O4/c1-3-29-20-11-14(10-18(24)22(20)28-2)13-25-26-23(27)21-12-17-16-7-5-4-6-15(16)8-9-19(17)30-21/h4-13H,3H2,1-2H3,(H,26,27). The van der Waals surface area contributed by atoms with Crippen molar-refractivity contribution >= 4 is 45.5 Å². The molecule has 6 nitrogen and oxygen atoms in total. The number of hydrogen-bond donors (Lipinski definition) is 1. The van der Waals surface area contributed by atoms with E-state index in [9.17, 15) is 4.79 Å². The molecule has 0 radical (unpaired) electrons. The molecule has 0 fully saturated rings. The molecule has 30 heavy (non-hydrogen) atoms. The molecule has 0 aliphatic heterocycles. The Bertz CT molecular complexity index is 1260. The molecule has 0 aliphatic rings. The molecular formula is C23H19ClN2O4. The lowest BCUT2D eigenvalue weighted by molar-refractivity contribution is 0.0929. The Hall–Kier alpha value is -3.51. The van der Waals surface area contributed by atoms with Crippen LogP contribution >= 0.6 is 11.6 Å². The minimum atomic E-state index is -0.448. The molecule has 1 heterocycles. The Kier molecular flexibility index (Phi) is 5.59. The van der Waals surface area contributed by atoms with Crippen molar-refractivity contribution < 1.29 is 18.7 Å². The lowest BCUT2D eigenvalue weighted by Crippen LogP contribution is -2.16. The molecule has 4 aromatic rings. The van der Waals surface area contributed by atoms with Crippen LogP contribution in [0.1, 0.15) is 23.0 Å². The van der Waals surface area contributed by atoms with Gasteiger partial charge in [-0.05, 0) is 47.5 Å². The molecule has 0 aliphatic carbocycles. The number of nitrogens with one attached hydrogen (secondary N) is 1. The van der Waals surface area contributed by atoms with E-state index >= 15 is 0 Å². The van der Waals surface area contributed by atoms with E-state index < -0.39 is 5.91 Å². The fraction of sp³-hybridized carbons (Fsp3) is 0.130. The van der Waals surface area contributed by atoms with Gasteiger partial charge in [0.2, 0.25) is 0 Å². The molecular weight excluding hydrogens is 404 g/mol. The van der Waals surface area contributed by atoms with E-state index in [1.54, 1.807) is 18.2 Å². The van der Waals surface area contributed by atoms with Gasteiger partial charge in [0.25, 0.3) is 0 Å². The van der Waals surface area contributed by atoms with Crippen LogP contribution in [0.2, 0.25) is 5.02 Å². The molecule has 152 valence electrons. The van der Waals surface area contributed by atoms with Crippen LogP contribution in [0.4, 0.5) is 0 Å². The predicted octanol–water partition coefficient (Wildman–Crippen LogP) is 5.41. The van der Waals surface area contributed by atoms with E-state index in [1.165, 1.54) is 13.3 Å². The Morgan fingerprint density at radius 2 is 2.00 bits per heavy atom. The summed E-state index contributed by atoms with van der Waals surface area (Å²) in [6.45, 7) is 2.33. The normalized spacial score (nSPS) is 11.3. The maximum absolute atomic E-state index is 12.5. The second-order valence-corrected chi connectivity index (χ2v) is 6.88. The van der Waals surface area contributed by atoms with Gasteiger partial charge >= 0.3 is 5.91 Å². The number of halogens is 1. The molecule has 1 N–H and O–H groups in total. The first-order valence-corrected chi connectivity index (χ1v) is 9.73. The third-order valence-electron chi connectivity index (χ3n) is 4.57. The lowest BCUT2D eigenvalue weighted by Gasteiger charge is -2.11. The number of amides is 1. The van der Waals surface area contributed by atoms with Gasteiger partial charge < -0.3 is 13.9 Å². The fourth-order valence-electron chi connectivity index (χ4n) is 3.25. The minimum Gasteiger partial charge on any atom is -0.491 e. The van der Waals surface area contributed by atoms with Crippen molar-refractivity contribution in [2.75, 3.05) is 13.7 Å². The molecule has 1 amide bonds. The summed E-state index contributed by atoms with van der Waals surface area (Å²) in [7, 11) is 1.52. The van der Waals surface area contributed by atoms with Gasteiger partial charge in [0.15, 0.2) is 17.3 Å². The van der Waals surface area contributed by atoms with Gasteiger partial charge in [-0.3, -0.25) is 4.79 Å². The number of nitrogens with zero attached hydrogens (tertiary/aromatic N) is 1. The molecule has 0 saturated heterocycles. The van der Waals surface area contributed by atoms with Crippen LogP contribution in [0.5, 0.6) is 11.5 Å². The zero-order valence-corrected chi connectivity index (χ0v) is 17.2. The first-order valence-electron chi connectivity index (χ1n) is 9.35. The Morgan fingerprint density at radius 3 is 2.80 bits per heavy atom. The van der Waals surface area contributed by atoms with Gasteiger partial charge in [0.1, 0.15) is 5.58 Å². The summed E-state index contributed by atoms with van der Waals surface area (Å²) in [4.78, 5) is 12.5. The number of methoxy groups -OCH3 is 1.